The summed E-state index contributed by atoms with van der Waals surface area (Å²) in [7, 11) is 1.62. The third-order valence-corrected chi connectivity index (χ3v) is 6.47. The SMILES string of the molecule is COc1ccc(N2CC(C(=O)N3CCN(CCN4CCCC4)CC3)CC2=O)cc1. The van der Waals surface area contributed by atoms with Crippen molar-refractivity contribution in [2.24, 2.45) is 5.92 Å². The highest BCUT2D eigenvalue weighted by Crippen LogP contribution is 2.28. The van der Waals surface area contributed by atoms with Crippen LogP contribution < -0.4 is 9.64 Å². The molecule has 1 atom stereocenters. The Hall–Kier alpha value is -2.12. The van der Waals surface area contributed by atoms with E-state index < -0.39 is 0 Å². The first-order chi connectivity index (χ1) is 14.1. The van der Waals surface area contributed by atoms with Crippen molar-refractivity contribution in [3.63, 3.8) is 0 Å². The van der Waals surface area contributed by atoms with Gasteiger partial charge in [0.25, 0.3) is 0 Å². The van der Waals surface area contributed by atoms with Crippen molar-refractivity contribution in [3.05, 3.63) is 24.3 Å². The van der Waals surface area contributed by atoms with E-state index in [9.17, 15) is 9.59 Å². The van der Waals surface area contributed by atoms with Crippen LogP contribution in [0, 0.1) is 5.92 Å². The molecular weight excluding hydrogens is 368 g/mol. The lowest BCUT2D eigenvalue weighted by Crippen LogP contribution is -2.51. The first-order valence-electron chi connectivity index (χ1n) is 10.8. The molecule has 29 heavy (non-hydrogen) atoms. The van der Waals surface area contributed by atoms with E-state index in [-0.39, 0.29) is 17.7 Å². The number of piperazine rings is 1. The first kappa shape index (κ1) is 20.2. The third kappa shape index (κ3) is 4.73. The standard InChI is InChI=1S/C22H32N4O3/c1-29-20-6-4-19(5-7-20)26-17-18(16-21(26)27)22(28)25-14-12-24(13-15-25)11-10-23-8-2-3-9-23/h4-7,18H,2-3,8-17H2,1H3. The molecular formula is C22H32N4O3. The lowest BCUT2D eigenvalue weighted by atomic mass is 10.1. The smallest absolute Gasteiger partial charge is 0.228 e. The summed E-state index contributed by atoms with van der Waals surface area (Å²) >= 11 is 0. The number of anilines is 1. The topological polar surface area (TPSA) is 56.3 Å². The number of rotatable bonds is 6. The van der Waals surface area contributed by atoms with E-state index in [4.69, 9.17) is 4.74 Å². The maximum atomic E-state index is 13.0. The molecule has 7 nitrogen and oxygen atoms in total. The number of benzene rings is 1. The molecule has 2 amide bonds. The van der Waals surface area contributed by atoms with Crippen molar-refractivity contribution in [2.45, 2.75) is 19.3 Å². The van der Waals surface area contributed by atoms with E-state index in [0.29, 0.717) is 13.0 Å². The number of likely N-dealkylation sites (tertiary alicyclic amines) is 1. The molecule has 0 radical (unpaired) electrons. The average molecular weight is 401 g/mol. The van der Waals surface area contributed by atoms with Gasteiger partial charge in [0.15, 0.2) is 0 Å². The molecule has 3 aliphatic heterocycles. The molecule has 0 bridgehead atoms. The van der Waals surface area contributed by atoms with Gasteiger partial charge >= 0.3 is 0 Å². The van der Waals surface area contributed by atoms with E-state index in [2.05, 4.69) is 9.80 Å². The summed E-state index contributed by atoms with van der Waals surface area (Å²) in [5, 5.41) is 0. The summed E-state index contributed by atoms with van der Waals surface area (Å²) in [6, 6.07) is 7.45. The molecule has 1 aromatic carbocycles. The second-order valence-electron chi connectivity index (χ2n) is 8.32. The van der Waals surface area contributed by atoms with Crippen molar-refractivity contribution in [2.75, 3.05) is 70.9 Å². The van der Waals surface area contributed by atoms with Crippen LogP contribution in [0.2, 0.25) is 0 Å². The van der Waals surface area contributed by atoms with Crippen LogP contribution in [-0.4, -0.2) is 92.5 Å². The van der Waals surface area contributed by atoms with Crippen molar-refractivity contribution in [1.29, 1.82) is 0 Å². The van der Waals surface area contributed by atoms with Crippen LogP contribution >= 0.6 is 0 Å². The van der Waals surface area contributed by atoms with Gasteiger partial charge in [-0.1, -0.05) is 0 Å². The largest absolute Gasteiger partial charge is 0.497 e. The molecule has 3 aliphatic rings. The van der Waals surface area contributed by atoms with Gasteiger partial charge in [0, 0.05) is 57.9 Å². The van der Waals surface area contributed by atoms with Gasteiger partial charge in [-0.15, -0.1) is 0 Å². The second kappa shape index (κ2) is 9.13. The van der Waals surface area contributed by atoms with Crippen LogP contribution in [0.3, 0.4) is 0 Å². The summed E-state index contributed by atoms with van der Waals surface area (Å²) in [6.45, 7) is 8.58. The quantitative estimate of drug-likeness (QED) is 0.720. The zero-order valence-electron chi connectivity index (χ0n) is 17.4. The van der Waals surface area contributed by atoms with Gasteiger partial charge < -0.3 is 19.4 Å². The van der Waals surface area contributed by atoms with Crippen molar-refractivity contribution >= 4 is 17.5 Å². The third-order valence-electron chi connectivity index (χ3n) is 6.47. The van der Waals surface area contributed by atoms with Crippen molar-refractivity contribution in [3.8, 4) is 5.75 Å². The zero-order chi connectivity index (χ0) is 20.2. The molecule has 3 saturated heterocycles. The highest BCUT2D eigenvalue weighted by Gasteiger charge is 2.37. The summed E-state index contributed by atoms with van der Waals surface area (Å²) in [5.41, 5.74) is 0.831. The number of nitrogens with zero attached hydrogens (tertiary/aromatic N) is 4. The molecule has 0 saturated carbocycles. The molecule has 0 N–H and O–H groups in total. The minimum atomic E-state index is -0.235. The summed E-state index contributed by atoms with van der Waals surface area (Å²) in [4.78, 5) is 34.2. The molecule has 3 fully saturated rings. The fraction of sp³-hybridized carbons (Fsp3) is 0.636. The number of hydrogen-bond donors (Lipinski definition) is 0. The Morgan fingerprint density at radius 1 is 0.966 bits per heavy atom. The number of hydrogen-bond acceptors (Lipinski definition) is 5. The molecule has 4 rings (SSSR count). The Balaban J connectivity index is 1.26. The average Bonchev–Trinajstić information content (AvgIpc) is 3.42. The predicted molar refractivity (Wildman–Crippen MR) is 112 cm³/mol. The van der Waals surface area contributed by atoms with Crippen LogP contribution in [-0.2, 0) is 9.59 Å². The van der Waals surface area contributed by atoms with Crippen LogP contribution in [0.5, 0.6) is 5.75 Å². The maximum Gasteiger partial charge on any atom is 0.228 e. The Kier molecular flexibility index (Phi) is 6.35. The van der Waals surface area contributed by atoms with E-state index in [0.717, 1.165) is 50.7 Å². The molecule has 3 heterocycles. The molecule has 7 heteroatoms. The number of carbonyl (C=O) groups excluding carboxylic acids is 2. The monoisotopic (exact) mass is 400 g/mol. The highest BCUT2D eigenvalue weighted by molar-refractivity contribution is 6.00. The molecule has 158 valence electrons. The first-order valence-corrected chi connectivity index (χ1v) is 10.8. The van der Waals surface area contributed by atoms with Crippen LogP contribution in [0.15, 0.2) is 24.3 Å². The van der Waals surface area contributed by atoms with Gasteiger partial charge in [0.1, 0.15) is 5.75 Å². The number of amides is 2. The van der Waals surface area contributed by atoms with Crippen molar-refractivity contribution < 1.29 is 14.3 Å². The van der Waals surface area contributed by atoms with Gasteiger partial charge in [-0.3, -0.25) is 14.5 Å². The van der Waals surface area contributed by atoms with Crippen molar-refractivity contribution in [1.82, 2.24) is 14.7 Å². The lowest BCUT2D eigenvalue weighted by Gasteiger charge is -2.36. The van der Waals surface area contributed by atoms with Gasteiger partial charge in [-0.25, -0.2) is 0 Å². The normalized spacial score (nSPS) is 23.8. The number of carbonyl (C=O) groups is 2. The maximum absolute atomic E-state index is 13.0. The highest BCUT2D eigenvalue weighted by atomic mass is 16.5. The number of ether oxygens (including phenoxy) is 1. The van der Waals surface area contributed by atoms with Crippen LogP contribution in [0.1, 0.15) is 19.3 Å². The lowest BCUT2D eigenvalue weighted by molar-refractivity contribution is -0.137. The fourth-order valence-electron chi connectivity index (χ4n) is 4.62. The fourth-order valence-corrected chi connectivity index (χ4v) is 4.62. The van der Waals surface area contributed by atoms with Crippen LogP contribution in [0.25, 0.3) is 0 Å². The van der Waals surface area contributed by atoms with Gasteiger partial charge in [0.2, 0.25) is 11.8 Å². The summed E-state index contributed by atoms with van der Waals surface area (Å²) in [5.74, 6) is 0.683. The summed E-state index contributed by atoms with van der Waals surface area (Å²) < 4.78 is 5.18. The Morgan fingerprint density at radius 2 is 1.59 bits per heavy atom. The zero-order valence-corrected chi connectivity index (χ0v) is 17.4. The number of methoxy groups -OCH3 is 1. The second-order valence-corrected chi connectivity index (χ2v) is 8.32. The minimum absolute atomic E-state index is 0.0257. The molecule has 0 spiro atoms. The molecule has 1 aromatic rings. The van der Waals surface area contributed by atoms with Crippen LogP contribution in [0.4, 0.5) is 5.69 Å². The Bertz CT molecular complexity index is 709. The van der Waals surface area contributed by atoms with Gasteiger partial charge in [0.05, 0.1) is 13.0 Å². The van der Waals surface area contributed by atoms with E-state index >= 15 is 0 Å². The van der Waals surface area contributed by atoms with E-state index in [1.807, 2.05) is 29.2 Å². The Labute approximate surface area is 173 Å². The van der Waals surface area contributed by atoms with Gasteiger partial charge in [-0.05, 0) is 50.2 Å². The molecule has 0 aliphatic carbocycles. The predicted octanol–water partition coefficient (Wildman–Crippen LogP) is 1.29. The minimum Gasteiger partial charge on any atom is -0.497 e. The molecule has 1 unspecified atom stereocenters. The Morgan fingerprint density at radius 3 is 2.21 bits per heavy atom. The van der Waals surface area contributed by atoms with Gasteiger partial charge in [-0.2, -0.15) is 0 Å². The summed E-state index contributed by atoms with van der Waals surface area (Å²) in [6.07, 6.45) is 2.96. The van der Waals surface area contributed by atoms with E-state index in [1.165, 1.54) is 25.9 Å². The van der Waals surface area contributed by atoms with E-state index in [1.54, 1.807) is 12.0 Å². The molecule has 0 aromatic heterocycles.